The fourth-order valence-corrected chi connectivity index (χ4v) is 1.95. The lowest BCUT2D eigenvalue weighted by molar-refractivity contribution is -0.385. The van der Waals surface area contributed by atoms with Gasteiger partial charge in [-0.05, 0) is 6.92 Å². The topological polar surface area (TPSA) is 118 Å². The lowest BCUT2D eigenvalue weighted by Crippen LogP contribution is -2.49. The number of piperazine rings is 1. The molecule has 1 aromatic heterocycles. The number of carbonyl (C=O) groups is 1. The van der Waals surface area contributed by atoms with E-state index in [9.17, 15) is 14.9 Å². The van der Waals surface area contributed by atoms with Gasteiger partial charge in [0.25, 0.3) is 0 Å². The summed E-state index contributed by atoms with van der Waals surface area (Å²) in [6, 6.07) is 0. The molecule has 0 bridgehead atoms. The second-order valence-corrected chi connectivity index (χ2v) is 4.33. The fraction of sp³-hybridized carbons (Fsp3) is 0.500. The first kappa shape index (κ1) is 13.0. The highest BCUT2D eigenvalue weighted by molar-refractivity contribution is 5.83. The lowest BCUT2D eigenvalue weighted by Gasteiger charge is -2.32. The number of aryl methyl sites for hydroxylation is 1. The first-order chi connectivity index (χ1) is 8.90. The van der Waals surface area contributed by atoms with E-state index in [-0.39, 0.29) is 35.6 Å². The van der Waals surface area contributed by atoms with Crippen molar-refractivity contribution >= 4 is 23.4 Å². The van der Waals surface area contributed by atoms with Crippen LogP contribution in [-0.2, 0) is 4.79 Å². The number of nitrogens with zero attached hydrogens (tertiary/aromatic N) is 5. The maximum absolute atomic E-state index is 11.7. The van der Waals surface area contributed by atoms with E-state index in [4.69, 9.17) is 5.73 Å². The number of rotatable bonds is 2. The molecule has 1 aromatic rings. The second-order valence-electron chi connectivity index (χ2n) is 4.33. The summed E-state index contributed by atoms with van der Waals surface area (Å²) in [6.45, 7) is 2.50. The monoisotopic (exact) mass is 266 g/mol. The molecule has 1 aliphatic rings. The molecule has 9 heteroatoms. The average Bonchev–Trinajstić information content (AvgIpc) is 2.31. The summed E-state index contributed by atoms with van der Waals surface area (Å²) in [5, 5.41) is 11.1. The highest BCUT2D eigenvalue weighted by Gasteiger charge is 2.30. The number of aromatic nitrogens is 2. The highest BCUT2D eigenvalue weighted by Crippen LogP contribution is 2.29. The molecule has 1 fully saturated rings. The number of amides is 1. The Balaban J connectivity index is 2.44. The van der Waals surface area contributed by atoms with Crippen LogP contribution in [0.4, 0.5) is 17.5 Å². The zero-order valence-electron chi connectivity index (χ0n) is 10.7. The minimum atomic E-state index is -0.549. The van der Waals surface area contributed by atoms with Crippen molar-refractivity contribution in [2.45, 2.75) is 6.92 Å². The molecule has 0 unspecified atom stereocenters. The number of nitrogens with two attached hydrogens (primary N) is 1. The fourth-order valence-electron chi connectivity index (χ4n) is 1.95. The van der Waals surface area contributed by atoms with Crippen LogP contribution >= 0.6 is 0 Å². The third kappa shape index (κ3) is 2.39. The Morgan fingerprint density at radius 1 is 1.37 bits per heavy atom. The molecular formula is C10H14N6O3. The maximum atomic E-state index is 11.7. The van der Waals surface area contributed by atoms with Gasteiger partial charge in [-0.3, -0.25) is 14.9 Å². The molecule has 0 aliphatic carbocycles. The van der Waals surface area contributed by atoms with Crippen LogP contribution < -0.4 is 10.6 Å². The Morgan fingerprint density at radius 2 is 2.05 bits per heavy atom. The summed E-state index contributed by atoms with van der Waals surface area (Å²) in [5.41, 5.74) is 5.52. The first-order valence-electron chi connectivity index (χ1n) is 5.67. The standard InChI is InChI=1S/C10H14N6O3/c1-6-8(16(18)19)9(13-10(11)12-6)15-4-3-14(2)7(17)5-15/h3-5H2,1-2H3,(H2,11,12,13). The van der Waals surface area contributed by atoms with Crippen LogP contribution in [0.3, 0.4) is 0 Å². The molecule has 1 aliphatic heterocycles. The highest BCUT2D eigenvalue weighted by atomic mass is 16.6. The number of hydrogen-bond acceptors (Lipinski definition) is 7. The van der Waals surface area contributed by atoms with E-state index in [0.29, 0.717) is 13.1 Å². The van der Waals surface area contributed by atoms with Crippen LogP contribution in [0, 0.1) is 17.0 Å². The molecule has 1 amide bonds. The Bertz CT molecular complexity index is 546. The molecule has 0 spiro atoms. The van der Waals surface area contributed by atoms with Crippen LogP contribution in [0.25, 0.3) is 0 Å². The summed E-state index contributed by atoms with van der Waals surface area (Å²) in [5.74, 6) is -0.0451. The number of nitrogen functional groups attached to an aromatic ring is 1. The van der Waals surface area contributed by atoms with Gasteiger partial charge in [-0.1, -0.05) is 0 Å². The van der Waals surface area contributed by atoms with Gasteiger partial charge in [-0.15, -0.1) is 0 Å². The largest absolute Gasteiger partial charge is 0.368 e. The number of carbonyl (C=O) groups excluding carboxylic acids is 1. The number of likely N-dealkylation sites (N-methyl/N-ethyl adjacent to an activating group) is 1. The molecule has 19 heavy (non-hydrogen) atoms. The molecule has 2 heterocycles. The molecule has 2 N–H and O–H groups in total. The third-order valence-electron chi connectivity index (χ3n) is 3.00. The Kier molecular flexibility index (Phi) is 3.19. The van der Waals surface area contributed by atoms with Gasteiger partial charge in [0.15, 0.2) is 0 Å². The van der Waals surface area contributed by atoms with E-state index in [1.807, 2.05) is 0 Å². The van der Waals surface area contributed by atoms with Crippen molar-refractivity contribution in [1.82, 2.24) is 14.9 Å². The first-order valence-corrected chi connectivity index (χ1v) is 5.67. The van der Waals surface area contributed by atoms with Crippen molar-refractivity contribution in [3.63, 3.8) is 0 Å². The predicted octanol–water partition coefficient (Wildman–Crippen LogP) is -0.446. The van der Waals surface area contributed by atoms with Crippen molar-refractivity contribution in [3.05, 3.63) is 15.8 Å². The van der Waals surface area contributed by atoms with Crippen LogP contribution in [0.5, 0.6) is 0 Å². The van der Waals surface area contributed by atoms with Gasteiger partial charge in [0.1, 0.15) is 5.69 Å². The molecule has 0 radical (unpaired) electrons. The minimum Gasteiger partial charge on any atom is -0.368 e. The Labute approximate surface area is 109 Å². The van der Waals surface area contributed by atoms with Gasteiger partial charge in [-0.2, -0.15) is 4.98 Å². The normalized spacial score (nSPS) is 15.8. The van der Waals surface area contributed by atoms with Gasteiger partial charge in [0.05, 0.1) is 11.5 Å². The Morgan fingerprint density at radius 3 is 2.63 bits per heavy atom. The van der Waals surface area contributed by atoms with E-state index in [2.05, 4.69) is 9.97 Å². The quantitative estimate of drug-likeness (QED) is 0.569. The zero-order valence-corrected chi connectivity index (χ0v) is 10.7. The van der Waals surface area contributed by atoms with Gasteiger partial charge in [0, 0.05) is 20.1 Å². The summed E-state index contributed by atoms with van der Waals surface area (Å²) in [4.78, 5) is 33.1. The van der Waals surface area contributed by atoms with Crippen LogP contribution in [0.15, 0.2) is 0 Å². The molecule has 9 nitrogen and oxygen atoms in total. The van der Waals surface area contributed by atoms with E-state index in [1.54, 1.807) is 16.8 Å². The third-order valence-corrected chi connectivity index (χ3v) is 3.00. The van der Waals surface area contributed by atoms with Crippen molar-refractivity contribution in [2.24, 2.45) is 0 Å². The summed E-state index contributed by atoms with van der Waals surface area (Å²) < 4.78 is 0. The van der Waals surface area contributed by atoms with E-state index in [1.165, 1.54) is 6.92 Å². The smallest absolute Gasteiger partial charge is 0.332 e. The summed E-state index contributed by atoms with van der Waals surface area (Å²) >= 11 is 0. The van der Waals surface area contributed by atoms with Crippen molar-refractivity contribution in [3.8, 4) is 0 Å². The molecule has 2 rings (SSSR count). The van der Waals surface area contributed by atoms with Crippen molar-refractivity contribution in [2.75, 3.05) is 37.3 Å². The zero-order chi connectivity index (χ0) is 14.2. The van der Waals surface area contributed by atoms with E-state index in [0.717, 1.165) is 0 Å². The minimum absolute atomic E-state index is 0.0375. The molecule has 102 valence electrons. The predicted molar refractivity (Wildman–Crippen MR) is 67.7 cm³/mol. The van der Waals surface area contributed by atoms with Gasteiger partial charge in [-0.25, -0.2) is 4.98 Å². The number of nitro groups is 1. The van der Waals surface area contributed by atoms with Gasteiger partial charge < -0.3 is 15.5 Å². The van der Waals surface area contributed by atoms with E-state index >= 15 is 0 Å². The molecule has 0 aromatic carbocycles. The summed E-state index contributed by atoms with van der Waals surface area (Å²) in [6.07, 6.45) is 0. The lowest BCUT2D eigenvalue weighted by atomic mass is 10.2. The van der Waals surface area contributed by atoms with Crippen molar-refractivity contribution in [1.29, 1.82) is 0 Å². The van der Waals surface area contributed by atoms with Gasteiger partial charge in [0.2, 0.25) is 17.7 Å². The molecular weight excluding hydrogens is 252 g/mol. The van der Waals surface area contributed by atoms with Crippen molar-refractivity contribution < 1.29 is 9.72 Å². The maximum Gasteiger partial charge on any atom is 0.332 e. The van der Waals surface area contributed by atoms with E-state index < -0.39 is 4.92 Å². The number of hydrogen-bond donors (Lipinski definition) is 1. The molecule has 0 atom stereocenters. The molecule has 1 saturated heterocycles. The summed E-state index contributed by atoms with van der Waals surface area (Å²) in [7, 11) is 1.69. The average molecular weight is 266 g/mol. The number of anilines is 2. The van der Waals surface area contributed by atoms with Crippen LogP contribution in [-0.4, -0.2) is 52.4 Å². The SMILES string of the molecule is Cc1nc(N)nc(N2CCN(C)C(=O)C2)c1[N+](=O)[O-]. The van der Waals surface area contributed by atoms with Gasteiger partial charge >= 0.3 is 5.69 Å². The van der Waals surface area contributed by atoms with Crippen LogP contribution in [0.1, 0.15) is 5.69 Å². The van der Waals surface area contributed by atoms with Crippen LogP contribution in [0.2, 0.25) is 0 Å². The molecule has 0 saturated carbocycles. The second kappa shape index (κ2) is 4.67. The Hall–Kier alpha value is -2.45.